The van der Waals surface area contributed by atoms with Crippen molar-refractivity contribution in [2.75, 3.05) is 13.1 Å². The van der Waals surface area contributed by atoms with E-state index in [1.807, 2.05) is 0 Å². The molecule has 44 heteroatoms. The molecule has 5 aromatic rings. The van der Waals surface area contributed by atoms with Gasteiger partial charge in [-0.1, -0.05) is 125 Å². The van der Waals surface area contributed by atoms with E-state index in [9.17, 15) is 68.1 Å². The summed E-state index contributed by atoms with van der Waals surface area (Å²) < 4.78 is 0. The first-order chi connectivity index (χ1) is 61.1. The highest BCUT2D eigenvalue weighted by atomic mass is 16.4. The highest BCUT2D eigenvalue weighted by Crippen LogP contribution is 2.23. The number of aliphatic carboxylic acids is 2. The van der Waals surface area contributed by atoms with Crippen molar-refractivity contribution in [3.63, 3.8) is 0 Å². The number of guanidine groups is 1. The summed E-state index contributed by atoms with van der Waals surface area (Å²) in [7, 11) is 0. The van der Waals surface area contributed by atoms with Crippen LogP contribution >= 0.6 is 0 Å². The molecule has 1 fully saturated rings. The molecule has 6 rings (SSSR count). The number of H-pyrrole nitrogens is 3. The van der Waals surface area contributed by atoms with E-state index in [4.69, 9.17) is 16.9 Å². The van der Waals surface area contributed by atoms with E-state index in [-0.39, 0.29) is 95.4 Å². The van der Waals surface area contributed by atoms with E-state index in [2.05, 4.69) is 104 Å². The van der Waals surface area contributed by atoms with Crippen LogP contribution in [0.1, 0.15) is 162 Å². The van der Waals surface area contributed by atoms with Gasteiger partial charge in [0.05, 0.1) is 31.8 Å². The Morgan fingerprint density at radius 1 is 0.465 bits per heavy atom. The molecule has 0 saturated carbocycles. The third kappa shape index (κ3) is 33.8. The van der Waals surface area contributed by atoms with Crippen molar-refractivity contribution >= 4 is 107 Å². The molecule has 1 aliphatic rings. The molecule has 1 aliphatic heterocycles. The summed E-state index contributed by atoms with van der Waals surface area (Å²) in [6, 6.07) is -6.59. The first kappa shape index (κ1) is 104. The lowest BCUT2D eigenvalue weighted by Gasteiger charge is -2.32. The first-order valence-electron chi connectivity index (χ1n) is 42.8. The van der Waals surface area contributed by atoms with Gasteiger partial charge in [0.15, 0.2) is 5.96 Å². The zero-order valence-corrected chi connectivity index (χ0v) is 74.2. The van der Waals surface area contributed by atoms with Gasteiger partial charge in [-0.3, -0.25) is 82.1 Å². The Bertz CT molecular complexity index is 4610. The second-order valence-electron chi connectivity index (χ2n) is 33.3. The van der Waals surface area contributed by atoms with Crippen LogP contribution in [-0.4, -0.2) is 254 Å². The maximum Gasteiger partial charge on any atom is 0.326 e. The van der Waals surface area contributed by atoms with Gasteiger partial charge < -0.3 is 121 Å². The first-order valence-corrected chi connectivity index (χ1v) is 42.8. The van der Waals surface area contributed by atoms with Crippen LogP contribution < -0.4 is 85.9 Å². The molecule has 0 bridgehead atoms. The minimum atomic E-state index is -1.76. The third-order valence-electron chi connectivity index (χ3n) is 21.7. The number of aromatic amines is 3. The van der Waals surface area contributed by atoms with E-state index < -0.39 is 228 Å². The Hall–Kier alpha value is -13.9. The Kier molecular flexibility index (Phi) is 41.1. The van der Waals surface area contributed by atoms with Crippen LogP contribution in [0.5, 0.6) is 5.75 Å². The lowest BCUT2D eigenvalue weighted by molar-refractivity contribution is -0.144. The van der Waals surface area contributed by atoms with Crippen LogP contribution in [0, 0.1) is 35.0 Å². The van der Waals surface area contributed by atoms with Crippen molar-refractivity contribution in [3.05, 3.63) is 120 Å². The molecule has 16 unspecified atom stereocenters. The average molecular weight is 1800 g/mol. The summed E-state index contributed by atoms with van der Waals surface area (Å²) in [4.78, 5) is 261. The molecule has 0 spiro atoms. The van der Waals surface area contributed by atoms with Gasteiger partial charge in [0.25, 0.3) is 0 Å². The Labute approximate surface area is 745 Å². The van der Waals surface area contributed by atoms with Crippen molar-refractivity contribution in [1.82, 2.24) is 109 Å². The number of benzene rings is 2. The Balaban J connectivity index is 1.24. The number of nitrogens with zero attached hydrogens (tertiary/aromatic N) is 4. The predicted molar refractivity (Wildman–Crippen MR) is 465 cm³/mol. The Morgan fingerprint density at radius 2 is 0.860 bits per heavy atom. The van der Waals surface area contributed by atoms with Crippen LogP contribution in [-0.2, 0) is 114 Å². The zero-order valence-electron chi connectivity index (χ0n) is 74.2. The van der Waals surface area contributed by atoms with Crippen LogP contribution in [0.4, 0.5) is 0 Å². The summed E-state index contributed by atoms with van der Waals surface area (Å²) in [6.45, 7) is 17.8. The number of carbonyl (C=O) groups is 17. The van der Waals surface area contributed by atoms with Gasteiger partial charge in [0.2, 0.25) is 88.6 Å². The van der Waals surface area contributed by atoms with Gasteiger partial charge in [-0.15, -0.1) is 0 Å². The molecule has 0 radical (unpaired) electrons. The lowest BCUT2D eigenvalue weighted by Crippen LogP contribution is -2.62. The summed E-state index contributed by atoms with van der Waals surface area (Å²) in [5.74, 6) is -20.0. The summed E-state index contributed by atoms with van der Waals surface area (Å²) >= 11 is 0. The van der Waals surface area contributed by atoms with E-state index in [1.165, 1.54) is 66.7 Å². The fourth-order valence-corrected chi connectivity index (χ4v) is 14.3. The molecular formula is C85H124N24O20. The largest absolute Gasteiger partial charge is 0.508 e. The topological polar surface area (TPSA) is 684 Å². The Morgan fingerprint density at radius 3 is 1.31 bits per heavy atom. The molecule has 25 N–H and O–H groups in total. The number of carbonyl (C=O) groups excluding carboxylic acids is 15. The smallest absolute Gasteiger partial charge is 0.326 e. The molecule has 15 amide bonds. The normalized spacial score (nSPS) is 15.9. The van der Waals surface area contributed by atoms with Crippen LogP contribution in [0.15, 0.2) is 92.2 Å². The quantitative estimate of drug-likeness (QED) is 0.0109. The number of rotatable bonds is 53. The molecule has 2 aromatic carbocycles. The molecule has 44 nitrogen and oxygen atoms in total. The number of likely N-dealkylation sites (tertiary alicyclic amines) is 1. The fourth-order valence-electron chi connectivity index (χ4n) is 14.3. The third-order valence-corrected chi connectivity index (χ3v) is 21.7. The predicted octanol–water partition coefficient (Wildman–Crippen LogP) is -2.46. The van der Waals surface area contributed by atoms with Crippen molar-refractivity contribution < 1.29 is 96.8 Å². The number of hydrogen-bond acceptors (Lipinski definition) is 22. The average Bonchev–Trinajstić information content (AvgIpc) is 1.73. The van der Waals surface area contributed by atoms with Crippen molar-refractivity contribution in [3.8, 4) is 5.75 Å². The number of phenols is 1. The number of hydrogen-bond donors (Lipinski definition) is 23. The van der Waals surface area contributed by atoms with Gasteiger partial charge in [-0.05, 0) is 85.0 Å². The van der Waals surface area contributed by atoms with Crippen LogP contribution in [0.25, 0.3) is 0 Å². The number of nitrogens with one attached hydrogen (secondary N) is 18. The van der Waals surface area contributed by atoms with Crippen molar-refractivity contribution in [1.29, 1.82) is 5.41 Å². The number of nitrogens with two attached hydrogens (primary N) is 2. The number of amides is 15. The number of primary amides is 1. The van der Waals surface area contributed by atoms with E-state index in [0.717, 1.165) is 6.92 Å². The number of aromatic hydroxyl groups is 1. The molecule has 704 valence electrons. The lowest BCUT2D eigenvalue weighted by atomic mass is 9.95. The van der Waals surface area contributed by atoms with Crippen LogP contribution in [0.3, 0.4) is 0 Å². The summed E-state index contributed by atoms with van der Waals surface area (Å²) in [5, 5.41) is 74.0. The van der Waals surface area contributed by atoms with Crippen molar-refractivity contribution in [2.45, 2.75) is 251 Å². The van der Waals surface area contributed by atoms with Gasteiger partial charge >= 0.3 is 11.9 Å². The van der Waals surface area contributed by atoms with Gasteiger partial charge in [-0.25, -0.2) is 19.7 Å². The molecular weight excluding hydrogens is 1680 g/mol. The highest BCUT2D eigenvalue weighted by molar-refractivity contribution is 6.01. The van der Waals surface area contributed by atoms with E-state index in [0.29, 0.717) is 34.6 Å². The second kappa shape index (κ2) is 51.1. The number of aromatic nitrogens is 6. The number of imidazole rings is 3. The summed E-state index contributed by atoms with van der Waals surface area (Å²) in [6.07, 6.45) is 6.10. The van der Waals surface area contributed by atoms with E-state index >= 15 is 28.8 Å². The monoisotopic (exact) mass is 1800 g/mol. The molecule has 1 saturated heterocycles. The maximum atomic E-state index is 15.4. The minimum absolute atomic E-state index is 0.0255. The minimum Gasteiger partial charge on any atom is -0.508 e. The van der Waals surface area contributed by atoms with Gasteiger partial charge in [0, 0.05) is 87.8 Å². The SMILES string of the molecule is CCC(C)C(NC(=O)C(Cc1ccc(O)cc1)NC(=O)C(NC(=O)C(CCCNC(=N)N)NC(=O)C(CC(=O)O)NC(C)=O)C(C)C)C(=O)NC(Cc1cnc[nH]1)C(=O)N1CCCC1C(=O)NC(Cc1ccccc1)C(=O)NC(Cc1cnc[nH]1)C(=O)NC(CC(C)C)C(=O)NC(C(=O)NC(C(=O)NC(Cc1cnc[nH]1)C(=O)NC(CC(N)=O)C(=O)O)C(C)CC)C(C)C. The molecule has 129 heavy (non-hydrogen) atoms. The molecule has 0 aliphatic carbocycles. The van der Waals surface area contributed by atoms with Gasteiger partial charge in [-0.2, -0.15) is 0 Å². The number of carboxylic acid groups (broad SMARTS) is 2. The highest BCUT2D eigenvalue weighted by Gasteiger charge is 2.44. The standard InChI is InChI=1S/C85H124N24O20/c1-12-46(9)69(107-77(121)58(31-50-23-25-54(111)26-24-50)101-79(123)67(44(5)6)105-71(115)55(21-17-27-92-85(87)88)97-75(119)61(36-66(113)114)96-48(11)110)82(126)103-62(34-53-39-91-42-95-53)83(127)109-28-18-22-64(109)78(122)100-57(30-49-19-15-14-16-20-49)72(116)99-59(32-51-37-89-40-93-51)73(117)98-56(29-43(3)4)76(120)106-68(45(7)8)80(124)108-70(47(10)13-2)81(125)102-60(33-52-38-90-41-94-52)74(118)104-63(84(128)129)35-65(86)112/h14-16,19-20,23-26,37-47,55-64,67-70,111H,12-13,17-18,21-22,27-36H2,1-11H3,(H2,86,112)(H,89,93)(H,90,94)(H,91,95)(H,96,110)(H,97,119)(H,98,117)(H,99,116)(H,100,122)(H,101,123)(H,102,125)(H,103,126)(H,104,118)(H,105,115)(H,106,120)(H,107,121)(H,108,124)(H,113,114)(H,128,129)(H4,87,88,92). The molecule has 16 atom stereocenters. The second-order valence-corrected chi connectivity index (χ2v) is 33.3. The van der Waals surface area contributed by atoms with E-state index in [1.54, 1.807) is 99.6 Å². The zero-order chi connectivity index (χ0) is 95.5. The maximum absolute atomic E-state index is 15.4. The number of carboxylic acids is 2. The van der Waals surface area contributed by atoms with Crippen molar-refractivity contribution in [2.24, 2.45) is 41.1 Å². The fraction of sp³-hybridized carbons (Fsp3) is 0.541. The summed E-state index contributed by atoms with van der Waals surface area (Å²) in [5.41, 5.74) is 12.7. The molecule has 3 aromatic heterocycles. The molecule has 4 heterocycles. The number of phenolic OH excluding ortho intramolecular Hbond substituents is 1. The van der Waals surface area contributed by atoms with Crippen LogP contribution in [0.2, 0.25) is 0 Å². The van der Waals surface area contributed by atoms with Gasteiger partial charge in [0.1, 0.15) is 90.3 Å².